The highest BCUT2D eigenvalue weighted by Crippen LogP contribution is 2.41. The van der Waals surface area contributed by atoms with Gasteiger partial charge < -0.3 is 9.84 Å². The molecule has 0 amide bonds. The number of benzene rings is 3. The van der Waals surface area contributed by atoms with E-state index < -0.39 is 6.10 Å². The van der Waals surface area contributed by atoms with E-state index in [1.165, 1.54) is 0 Å². The maximum absolute atomic E-state index is 9.90. The first kappa shape index (κ1) is 21.7. The first-order valence-corrected chi connectivity index (χ1v) is 11.0. The molecule has 2 unspecified atom stereocenters. The Morgan fingerprint density at radius 1 is 0.781 bits per heavy atom. The standard InChI is InChI=1S/C27H27N3O2/c1-3-22(18-19(2)31)32-24-17-11-10-16-23(24)25-26(20-12-6-4-7-13-20)28-30-29-27(25)21-14-8-5-9-15-21/h4-17,19,22,31H,3,18H2,1-2H3. The minimum Gasteiger partial charge on any atom is -0.490 e. The molecule has 2 atom stereocenters. The van der Waals surface area contributed by atoms with Gasteiger partial charge in [-0.25, -0.2) is 0 Å². The van der Waals surface area contributed by atoms with Gasteiger partial charge in [-0.1, -0.05) is 85.8 Å². The molecule has 0 aliphatic rings. The zero-order valence-corrected chi connectivity index (χ0v) is 18.3. The molecule has 0 saturated heterocycles. The Morgan fingerprint density at radius 3 is 1.84 bits per heavy atom. The monoisotopic (exact) mass is 425 g/mol. The van der Waals surface area contributed by atoms with Crippen LogP contribution < -0.4 is 4.74 Å². The molecule has 1 heterocycles. The van der Waals surface area contributed by atoms with Crippen molar-refractivity contribution >= 4 is 0 Å². The summed E-state index contributed by atoms with van der Waals surface area (Å²) in [7, 11) is 0. The van der Waals surface area contributed by atoms with Crippen LogP contribution in [0, 0.1) is 0 Å². The van der Waals surface area contributed by atoms with Crippen LogP contribution >= 0.6 is 0 Å². The van der Waals surface area contributed by atoms with Crippen LogP contribution in [0.25, 0.3) is 33.6 Å². The Hall–Kier alpha value is -3.57. The molecule has 162 valence electrons. The largest absolute Gasteiger partial charge is 0.490 e. The molecule has 0 radical (unpaired) electrons. The summed E-state index contributed by atoms with van der Waals surface area (Å²) in [6, 6.07) is 27.9. The number of hydrogen-bond donors (Lipinski definition) is 1. The Bertz CT molecular complexity index is 1090. The van der Waals surface area contributed by atoms with E-state index in [2.05, 4.69) is 22.3 Å². The fourth-order valence-corrected chi connectivity index (χ4v) is 3.81. The fraction of sp³-hybridized carbons (Fsp3) is 0.222. The van der Waals surface area contributed by atoms with Crippen LogP contribution in [0.15, 0.2) is 84.9 Å². The molecule has 0 bridgehead atoms. The van der Waals surface area contributed by atoms with Gasteiger partial charge in [0.2, 0.25) is 0 Å². The van der Waals surface area contributed by atoms with E-state index in [0.717, 1.165) is 45.8 Å². The third-order valence-corrected chi connectivity index (χ3v) is 5.37. The van der Waals surface area contributed by atoms with Crippen molar-refractivity contribution < 1.29 is 9.84 Å². The summed E-state index contributed by atoms with van der Waals surface area (Å²) < 4.78 is 6.41. The number of ether oxygens (including phenoxy) is 1. The molecule has 0 aliphatic carbocycles. The molecule has 4 rings (SSSR count). The summed E-state index contributed by atoms with van der Waals surface area (Å²) >= 11 is 0. The van der Waals surface area contributed by atoms with Crippen LogP contribution in [-0.2, 0) is 0 Å². The van der Waals surface area contributed by atoms with Crippen LogP contribution in [0.3, 0.4) is 0 Å². The third-order valence-electron chi connectivity index (χ3n) is 5.37. The van der Waals surface area contributed by atoms with Crippen LogP contribution in [-0.4, -0.2) is 32.7 Å². The third kappa shape index (κ3) is 4.84. The lowest BCUT2D eigenvalue weighted by molar-refractivity contribution is 0.104. The first-order chi connectivity index (χ1) is 15.7. The maximum atomic E-state index is 9.90. The van der Waals surface area contributed by atoms with Gasteiger partial charge in [0.1, 0.15) is 23.2 Å². The summed E-state index contributed by atoms with van der Waals surface area (Å²) in [6.45, 7) is 3.85. The zero-order chi connectivity index (χ0) is 22.3. The predicted molar refractivity (Wildman–Crippen MR) is 127 cm³/mol. The molecular formula is C27H27N3O2. The molecule has 5 nitrogen and oxygen atoms in total. The van der Waals surface area contributed by atoms with E-state index in [1.54, 1.807) is 6.92 Å². The Balaban J connectivity index is 1.92. The minimum atomic E-state index is -0.434. The molecule has 1 N–H and O–H groups in total. The quantitative estimate of drug-likeness (QED) is 0.386. The molecular weight excluding hydrogens is 398 g/mol. The number of aliphatic hydroxyl groups excluding tert-OH is 1. The van der Waals surface area contributed by atoms with E-state index in [-0.39, 0.29) is 6.10 Å². The van der Waals surface area contributed by atoms with Crippen molar-refractivity contribution in [1.82, 2.24) is 15.4 Å². The second kappa shape index (κ2) is 10.2. The highest BCUT2D eigenvalue weighted by molar-refractivity contribution is 5.92. The molecule has 5 heteroatoms. The Kier molecular flexibility index (Phi) is 6.87. The van der Waals surface area contributed by atoms with Gasteiger partial charge in [0, 0.05) is 28.7 Å². The topological polar surface area (TPSA) is 68.1 Å². The van der Waals surface area contributed by atoms with E-state index in [0.29, 0.717) is 6.42 Å². The van der Waals surface area contributed by atoms with Gasteiger partial charge in [-0.05, 0) is 24.6 Å². The maximum Gasteiger partial charge on any atom is 0.127 e. The minimum absolute atomic E-state index is 0.0979. The SMILES string of the molecule is CCC(CC(C)O)Oc1ccccc1-c1c(-c2ccccc2)nnnc1-c1ccccc1. The van der Waals surface area contributed by atoms with E-state index in [4.69, 9.17) is 4.74 Å². The van der Waals surface area contributed by atoms with Gasteiger partial charge in [0.15, 0.2) is 0 Å². The van der Waals surface area contributed by atoms with Gasteiger partial charge in [-0.2, -0.15) is 0 Å². The predicted octanol–water partition coefficient (Wildman–Crippen LogP) is 5.80. The van der Waals surface area contributed by atoms with Gasteiger partial charge in [-0.15, -0.1) is 10.2 Å². The molecule has 1 aromatic heterocycles. The van der Waals surface area contributed by atoms with Crippen LogP contribution in [0.5, 0.6) is 5.75 Å². The van der Waals surface area contributed by atoms with Crippen LogP contribution in [0.4, 0.5) is 0 Å². The molecule has 32 heavy (non-hydrogen) atoms. The highest BCUT2D eigenvalue weighted by Gasteiger charge is 2.22. The second-order valence-electron chi connectivity index (χ2n) is 7.82. The number of nitrogens with zero attached hydrogens (tertiary/aromatic N) is 3. The smallest absolute Gasteiger partial charge is 0.127 e. The lowest BCUT2D eigenvalue weighted by atomic mass is 9.94. The second-order valence-corrected chi connectivity index (χ2v) is 7.82. The van der Waals surface area contributed by atoms with Crippen LogP contribution in [0.2, 0.25) is 0 Å². The number of para-hydroxylation sites is 1. The number of rotatable bonds is 8. The molecule has 3 aromatic carbocycles. The van der Waals surface area contributed by atoms with Crippen molar-refractivity contribution in [3.05, 3.63) is 84.9 Å². The van der Waals surface area contributed by atoms with Gasteiger partial charge >= 0.3 is 0 Å². The highest BCUT2D eigenvalue weighted by atomic mass is 16.5. The fourth-order valence-electron chi connectivity index (χ4n) is 3.81. The van der Waals surface area contributed by atoms with Gasteiger partial charge in [0.25, 0.3) is 0 Å². The number of hydrogen-bond acceptors (Lipinski definition) is 5. The Labute approximate surface area is 188 Å². The summed E-state index contributed by atoms with van der Waals surface area (Å²) in [5, 5.41) is 22.9. The van der Waals surface area contributed by atoms with Crippen molar-refractivity contribution in [3.63, 3.8) is 0 Å². The van der Waals surface area contributed by atoms with Crippen molar-refractivity contribution in [1.29, 1.82) is 0 Å². The molecule has 0 saturated carbocycles. The summed E-state index contributed by atoms with van der Waals surface area (Å²) in [6.07, 6.45) is 0.827. The molecule has 0 fully saturated rings. The Morgan fingerprint density at radius 2 is 1.31 bits per heavy atom. The molecule has 0 spiro atoms. The van der Waals surface area contributed by atoms with Crippen molar-refractivity contribution in [3.8, 4) is 39.4 Å². The normalized spacial score (nSPS) is 12.8. The van der Waals surface area contributed by atoms with Gasteiger partial charge in [0.05, 0.1) is 6.10 Å². The van der Waals surface area contributed by atoms with Crippen molar-refractivity contribution in [2.24, 2.45) is 0 Å². The zero-order valence-electron chi connectivity index (χ0n) is 18.3. The average Bonchev–Trinajstić information content (AvgIpc) is 2.84. The molecule has 0 aliphatic heterocycles. The van der Waals surface area contributed by atoms with Crippen molar-refractivity contribution in [2.75, 3.05) is 0 Å². The number of aliphatic hydroxyl groups is 1. The summed E-state index contributed by atoms with van der Waals surface area (Å²) in [5.74, 6) is 0.740. The van der Waals surface area contributed by atoms with E-state index in [9.17, 15) is 5.11 Å². The number of aromatic nitrogens is 3. The first-order valence-electron chi connectivity index (χ1n) is 11.0. The van der Waals surface area contributed by atoms with E-state index in [1.807, 2.05) is 84.9 Å². The van der Waals surface area contributed by atoms with Gasteiger partial charge in [-0.3, -0.25) is 0 Å². The summed E-state index contributed by atoms with van der Waals surface area (Å²) in [4.78, 5) is 0. The lowest BCUT2D eigenvalue weighted by Gasteiger charge is -2.22. The lowest BCUT2D eigenvalue weighted by Crippen LogP contribution is -2.21. The average molecular weight is 426 g/mol. The summed E-state index contributed by atoms with van der Waals surface area (Å²) in [5.41, 5.74) is 5.19. The van der Waals surface area contributed by atoms with Crippen molar-refractivity contribution in [2.45, 2.75) is 38.9 Å². The molecule has 4 aromatic rings. The van der Waals surface area contributed by atoms with Crippen LogP contribution in [0.1, 0.15) is 26.7 Å². The van der Waals surface area contributed by atoms with E-state index >= 15 is 0 Å².